The zero-order valence-electron chi connectivity index (χ0n) is 13.0. The fourth-order valence-electron chi connectivity index (χ4n) is 2.23. The molecule has 1 N–H and O–H groups in total. The van der Waals surface area contributed by atoms with Gasteiger partial charge >= 0.3 is 0 Å². The number of methoxy groups -OCH3 is 1. The van der Waals surface area contributed by atoms with E-state index in [1.807, 2.05) is 12.1 Å². The van der Waals surface area contributed by atoms with Crippen molar-refractivity contribution in [2.75, 3.05) is 13.7 Å². The maximum absolute atomic E-state index is 5.26. The standard InChI is InChI=1S/C19H23NO/c1-15-8-4-5-9-17(15)11-7-13-20-16(2)18-10-6-12-19(14-18)21-3/h4-12,14,16,20H,13H2,1-3H3/b11-7+/t16-/m1/s1. The molecule has 0 aromatic heterocycles. The average molecular weight is 281 g/mol. The van der Waals surface area contributed by atoms with Crippen molar-refractivity contribution in [3.05, 3.63) is 71.3 Å². The summed E-state index contributed by atoms with van der Waals surface area (Å²) in [6, 6.07) is 16.9. The number of hydrogen-bond acceptors (Lipinski definition) is 2. The van der Waals surface area contributed by atoms with Crippen LogP contribution in [-0.2, 0) is 0 Å². The summed E-state index contributed by atoms with van der Waals surface area (Å²) in [6.07, 6.45) is 4.33. The SMILES string of the molecule is COc1cccc([C@@H](C)NC/C=C/c2ccccc2C)c1. The molecule has 2 heteroatoms. The monoisotopic (exact) mass is 281 g/mol. The van der Waals surface area contributed by atoms with Gasteiger partial charge in [-0.05, 0) is 42.7 Å². The van der Waals surface area contributed by atoms with Crippen LogP contribution >= 0.6 is 0 Å². The van der Waals surface area contributed by atoms with Gasteiger partial charge in [0.1, 0.15) is 5.75 Å². The van der Waals surface area contributed by atoms with E-state index in [0.717, 1.165) is 12.3 Å². The minimum absolute atomic E-state index is 0.293. The number of rotatable bonds is 6. The first-order chi connectivity index (χ1) is 10.2. The number of aryl methyl sites for hydroxylation is 1. The smallest absolute Gasteiger partial charge is 0.119 e. The van der Waals surface area contributed by atoms with Crippen LogP contribution in [0.2, 0.25) is 0 Å². The van der Waals surface area contributed by atoms with Gasteiger partial charge in [0, 0.05) is 12.6 Å². The largest absolute Gasteiger partial charge is 0.497 e. The quantitative estimate of drug-likeness (QED) is 0.849. The van der Waals surface area contributed by atoms with Crippen LogP contribution in [0.4, 0.5) is 0 Å². The van der Waals surface area contributed by atoms with Crippen LogP contribution in [0.25, 0.3) is 6.08 Å². The van der Waals surface area contributed by atoms with E-state index in [1.54, 1.807) is 7.11 Å². The van der Waals surface area contributed by atoms with E-state index in [-0.39, 0.29) is 0 Å². The summed E-state index contributed by atoms with van der Waals surface area (Å²) in [5, 5.41) is 3.50. The summed E-state index contributed by atoms with van der Waals surface area (Å²) in [5.74, 6) is 0.900. The molecule has 0 bridgehead atoms. The highest BCUT2D eigenvalue weighted by molar-refractivity contribution is 5.53. The second kappa shape index (κ2) is 7.65. The Morgan fingerprint density at radius 3 is 2.71 bits per heavy atom. The molecule has 2 aromatic carbocycles. The van der Waals surface area contributed by atoms with Gasteiger partial charge in [-0.15, -0.1) is 0 Å². The molecule has 2 nitrogen and oxygen atoms in total. The van der Waals surface area contributed by atoms with E-state index >= 15 is 0 Å². The summed E-state index contributed by atoms with van der Waals surface area (Å²) in [4.78, 5) is 0. The van der Waals surface area contributed by atoms with Gasteiger partial charge in [0.2, 0.25) is 0 Å². The van der Waals surface area contributed by atoms with Crippen LogP contribution in [-0.4, -0.2) is 13.7 Å². The Hall–Kier alpha value is -2.06. The molecule has 0 spiro atoms. The van der Waals surface area contributed by atoms with Crippen molar-refractivity contribution in [2.24, 2.45) is 0 Å². The minimum Gasteiger partial charge on any atom is -0.497 e. The fourth-order valence-corrected chi connectivity index (χ4v) is 2.23. The normalized spacial score (nSPS) is 12.5. The highest BCUT2D eigenvalue weighted by Gasteiger charge is 2.04. The number of nitrogens with one attached hydrogen (secondary N) is 1. The number of hydrogen-bond donors (Lipinski definition) is 1. The zero-order chi connectivity index (χ0) is 15.1. The van der Waals surface area contributed by atoms with Crippen molar-refractivity contribution in [2.45, 2.75) is 19.9 Å². The summed E-state index contributed by atoms with van der Waals surface area (Å²) in [7, 11) is 1.70. The topological polar surface area (TPSA) is 21.3 Å². The van der Waals surface area contributed by atoms with Crippen molar-refractivity contribution in [3.63, 3.8) is 0 Å². The third-order valence-corrected chi connectivity index (χ3v) is 3.62. The molecule has 0 aliphatic heterocycles. The molecule has 0 aliphatic carbocycles. The highest BCUT2D eigenvalue weighted by atomic mass is 16.5. The summed E-state index contributed by atoms with van der Waals surface area (Å²) < 4.78 is 5.26. The molecule has 0 unspecified atom stereocenters. The van der Waals surface area contributed by atoms with E-state index < -0.39 is 0 Å². The lowest BCUT2D eigenvalue weighted by molar-refractivity contribution is 0.413. The molecule has 0 aliphatic rings. The predicted octanol–water partition coefficient (Wildman–Crippen LogP) is 4.37. The number of ether oxygens (including phenoxy) is 1. The Labute approximate surface area is 127 Å². The van der Waals surface area contributed by atoms with Gasteiger partial charge < -0.3 is 10.1 Å². The van der Waals surface area contributed by atoms with Crippen LogP contribution in [0.3, 0.4) is 0 Å². The van der Waals surface area contributed by atoms with Gasteiger partial charge in [0.15, 0.2) is 0 Å². The maximum Gasteiger partial charge on any atom is 0.119 e. The van der Waals surface area contributed by atoms with E-state index in [1.165, 1.54) is 16.7 Å². The second-order valence-corrected chi connectivity index (χ2v) is 5.17. The van der Waals surface area contributed by atoms with Gasteiger partial charge in [0.25, 0.3) is 0 Å². The van der Waals surface area contributed by atoms with Gasteiger partial charge in [-0.3, -0.25) is 0 Å². The van der Waals surface area contributed by atoms with Crippen molar-refractivity contribution >= 4 is 6.08 Å². The molecule has 110 valence electrons. The molecule has 2 rings (SSSR count). The summed E-state index contributed by atoms with van der Waals surface area (Å²) in [5.41, 5.74) is 3.81. The first-order valence-corrected chi connectivity index (χ1v) is 7.30. The summed E-state index contributed by atoms with van der Waals surface area (Å²) >= 11 is 0. The van der Waals surface area contributed by atoms with Crippen LogP contribution < -0.4 is 10.1 Å². The van der Waals surface area contributed by atoms with Gasteiger partial charge in [0.05, 0.1) is 7.11 Å². The number of benzene rings is 2. The third kappa shape index (κ3) is 4.47. The lowest BCUT2D eigenvalue weighted by atomic mass is 10.1. The molecule has 0 saturated heterocycles. The van der Waals surface area contributed by atoms with E-state index in [9.17, 15) is 0 Å². The predicted molar refractivity (Wildman–Crippen MR) is 89.6 cm³/mol. The van der Waals surface area contributed by atoms with E-state index in [0.29, 0.717) is 6.04 Å². The molecule has 2 aromatic rings. The van der Waals surface area contributed by atoms with Crippen LogP contribution in [0.15, 0.2) is 54.6 Å². The van der Waals surface area contributed by atoms with Crippen molar-refractivity contribution < 1.29 is 4.74 Å². The molecule has 0 saturated carbocycles. The third-order valence-electron chi connectivity index (χ3n) is 3.62. The Balaban J connectivity index is 1.89. The second-order valence-electron chi connectivity index (χ2n) is 5.17. The van der Waals surface area contributed by atoms with Gasteiger partial charge in [-0.25, -0.2) is 0 Å². The average Bonchev–Trinajstić information content (AvgIpc) is 2.53. The Morgan fingerprint density at radius 1 is 1.14 bits per heavy atom. The molecule has 21 heavy (non-hydrogen) atoms. The Kier molecular flexibility index (Phi) is 5.59. The first-order valence-electron chi connectivity index (χ1n) is 7.30. The molecular weight excluding hydrogens is 258 g/mol. The maximum atomic E-state index is 5.26. The van der Waals surface area contributed by atoms with Crippen molar-refractivity contribution in [1.82, 2.24) is 5.32 Å². The lowest BCUT2D eigenvalue weighted by Crippen LogP contribution is -2.18. The minimum atomic E-state index is 0.293. The lowest BCUT2D eigenvalue weighted by Gasteiger charge is -2.13. The Morgan fingerprint density at radius 2 is 1.95 bits per heavy atom. The zero-order valence-corrected chi connectivity index (χ0v) is 13.0. The first kappa shape index (κ1) is 15.3. The molecular formula is C19H23NO. The molecule has 0 fully saturated rings. The van der Waals surface area contributed by atoms with Crippen molar-refractivity contribution in [3.8, 4) is 5.75 Å². The highest BCUT2D eigenvalue weighted by Crippen LogP contribution is 2.18. The van der Waals surface area contributed by atoms with Crippen molar-refractivity contribution in [1.29, 1.82) is 0 Å². The van der Waals surface area contributed by atoms with Crippen LogP contribution in [0.1, 0.15) is 29.7 Å². The van der Waals surface area contributed by atoms with E-state index in [2.05, 4.69) is 67.7 Å². The molecule has 1 atom stereocenters. The fraction of sp³-hybridized carbons (Fsp3) is 0.263. The van der Waals surface area contributed by atoms with Gasteiger partial charge in [-0.2, -0.15) is 0 Å². The van der Waals surface area contributed by atoms with E-state index in [4.69, 9.17) is 4.74 Å². The molecule has 0 heterocycles. The van der Waals surface area contributed by atoms with Crippen LogP contribution in [0, 0.1) is 6.92 Å². The molecule has 0 amide bonds. The molecule has 0 radical (unpaired) electrons. The van der Waals surface area contributed by atoms with Crippen LogP contribution in [0.5, 0.6) is 5.75 Å². The van der Waals surface area contributed by atoms with Gasteiger partial charge in [-0.1, -0.05) is 48.6 Å². The summed E-state index contributed by atoms with van der Waals surface area (Å²) in [6.45, 7) is 5.13. The Bertz CT molecular complexity index is 604.